The van der Waals surface area contributed by atoms with E-state index in [4.69, 9.17) is 9.84 Å². The molecule has 108 valence electrons. The van der Waals surface area contributed by atoms with Gasteiger partial charge >= 0.3 is 5.97 Å². The Morgan fingerprint density at radius 2 is 2.15 bits per heavy atom. The summed E-state index contributed by atoms with van der Waals surface area (Å²) >= 11 is 0. The van der Waals surface area contributed by atoms with Crippen molar-refractivity contribution in [3.8, 4) is 5.75 Å². The fourth-order valence-corrected chi connectivity index (χ4v) is 2.16. The van der Waals surface area contributed by atoms with E-state index in [2.05, 4.69) is 11.9 Å². The van der Waals surface area contributed by atoms with Crippen LogP contribution in [-0.4, -0.2) is 46.6 Å². The smallest absolute Gasteiger partial charge is 0.339 e. The van der Waals surface area contributed by atoms with Crippen molar-refractivity contribution < 1.29 is 19.4 Å². The van der Waals surface area contributed by atoms with Crippen LogP contribution in [0.5, 0.6) is 5.75 Å². The molecule has 1 aromatic heterocycles. The molecule has 6 nitrogen and oxygen atoms in total. The van der Waals surface area contributed by atoms with Gasteiger partial charge < -0.3 is 14.7 Å². The van der Waals surface area contributed by atoms with Crippen LogP contribution in [0.4, 0.5) is 0 Å². The van der Waals surface area contributed by atoms with Crippen molar-refractivity contribution in [2.45, 2.75) is 19.8 Å². The van der Waals surface area contributed by atoms with Crippen molar-refractivity contribution in [3.05, 3.63) is 24.0 Å². The van der Waals surface area contributed by atoms with Crippen LogP contribution in [0, 0.1) is 5.92 Å². The van der Waals surface area contributed by atoms with Crippen molar-refractivity contribution >= 4 is 11.9 Å². The molecule has 0 aliphatic carbocycles. The number of rotatable bonds is 4. The Morgan fingerprint density at radius 3 is 2.80 bits per heavy atom. The Morgan fingerprint density at radius 1 is 1.45 bits per heavy atom. The molecule has 1 fully saturated rings. The summed E-state index contributed by atoms with van der Waals surface area (Å²) in [4.78, 5) is 28.6. The van der Waals surface area contributed by atoms with E-state index in [0.717, 1.165) is 25.9 Å². The molecule has 2 rings (SSSR count). The molecule has 1 saturated heterocycles. The highest BCUT2D eigenvalue weighted by atomic mass is 16.5. The van der Waals surface area contributed by atoms with Crippen LogP contribution in [0.2, 0.25) is 0 Å². The minimum atomic E-state index is -1.10. The fourth-order valence-electron chi connectivity index (χ4n) is 2.16. The number of hydrogen-bond acceptors (Lipinski definition) is 4. The molecule has 20 heavy (non-hydrogen) atoms. The van der Waals surface area contributed by atoms with Gasteiger partial charge in [0.25, 0.3) is 5.91 Å². The Labute approximate surface area is 117 Å². The lowest BCUT2D eigenvalue weighted by atomic mass is 9.99. The van der Waals surface area contributed by atoms with Crippen molar-refractivity contribution in [1.29, 1.82) is 0 Å². The molecule has 0 saturated carbocycles. The third-order valence-electron chi connectivity index (χ3n) is 3.50. The number of carbonyl (C=O) groups is 2. The van der Waals surface area contributed by atoms with Gasteiger partial charge in [0.2, 0.25) is 0 Å². The van der Waals surface area contributed by atoms with Gasteiger partial charge in [-0.3, -0.25) is 9.78 Å². The first kappa shape index (κ1) is 14.3. The Bertz CT molecular complexity index is 496. The van der Waals surface area contributed by atoms with Crippen molar-refractivity contribution in [3.63, 3.8) is 0 Å². The summed E-state index contributed by atoms with van der Waals surface area (Å²) < 4.78 is 5.31. The van der Waals surface area contributed by atoms with E-state index in [-0.39, 0.29) is 23.8 Å². The number of likely N-dealkylation sites (tertiary alicyclic amines) is 1. The first-order valence-corrected chi connectivity index (χ1v) is 6.66. The average molecular weight is 278 g/mol. The standard InChI is InChI=1S/C14H18N2O4/c1-10-3-6-16(7-4-10)13(17)9-20-12-8-15-5-2-11(12)14(18)19/h2,5,8,10H,3-4,6-7,9H2,1H3,(H,18,19). The zero-order valence-corrected chi connectivity index (χ0v) is 11.4. The molecular weight excluding hydrogens is 260 g/mol. The molecule has 1 amide bonds. The molecule has 0 unspecified atom stereocenters. The first-order valence-electron chi connectivity index (χ1n) is 6.66. The van der Waals surface area contributed by atoms with Gasteiger partial charge in [0.15, 0.2) is 12.4 Å². The molecule has 0 bridgehead atoms. The summed E-state index contributed by atoms with van der Waals surface area (Å²) in [7, 11) is 0. The highest BCUT2D eigenvalue weighted by molar-refractivity contribution is 5.90. The van der Waals surface area contributed by atoms with E-state index in [0.29, 0.717) is 5.92 Å². The van der Waals surface area contributed by atoms with Gasteiger partial charge in [0.05, 0.1) is 6.20 Å². The molecule has 6 heteroatoms. The molecule has 1 aromatic rings. The number of carbonyl (C=O) groups excluding carboxylic acids is 1. The number of pyridine rings is 1. The summed E-state index contributed by atoms with van der Waals surface area (Å²) in [6.45, 7) is 3.50. The van der Waals surface area contributed by atoms with E-state index >= 15 is 0 Å². The molecule has 0 atom stereocenters. The maximum atomic E-state index is 12.0. The number of amides is 1. The van der Waals surface area contributed by atoms with E-state index in [1.807, 2.05) is 0 Å². The number of ether oxygens (including phenoxy) is 1. The maximum absolute atomic E-state index is 12.0. The van der Waals surface area contributed by atoms with Gasteiger partial charge in [0, 0.05) is 19.3 Å². The second-order valence-corrected chi connectivity index (χ2v) is 5.03. The molecular formula is C14H18N2O4. The molecule has 1 N–H and O–H groups in total. The molecule has 1 aliphatic rings. The SMILES string of the molecule is CC1CCN(C(=O)COc2cnccc2C(=O)O)CC1. The van der Waals surface area contributed by atoms with E-state index in [9.17, 15) is 9.59 Å². The third kappa shape index (κ3) is 3.46. The minimum absolute atomic E-state index is 0.0140. The summed E-state index contributed by atoms with van der Waals surface area (Å²) in [5.41, 5.74) is 0.0140. The summed E-state index contributed by atoms with van der Waals surface area (Å²) in [6, 6.07) is 1.35. The van der Waals surface area contributed by atoms with Crippen LogP contribution in [-0.2, 0) is 4.79 Å². The molecule has 0 spiro atoms. The summed E-state index contributed by atoms with van der Waals surface area (Å²) in [5, 5.41) is 9.01. The first-order chi connectivity index (χ1) is 9.58. The van der Waals surface area contributed by atoms with Crippen LogP contribution >= 0.6 is 0 Å². The van der Waals surface area contributed by atoms with Gasteiger partial charge in [-0.15, -0.1) is 0 Å². The van der Waals surface area contributed by atoms with Crippen molar-refractivity contribution in [1.82, 2.24) is 9.88 Å². The zero-order chi connectivity index (χ0) is 14.5. The lowest BCUT2D eigenvalue weighted by molar-refractivity contribution is -0.134. The topological polar surface area (TPSA) is 79.7 Å². The van der Waals surface area contributed by atoms with Crippen LogP contribution in [0.3, 0.4) is 0 Å². The van der Waals surface area contributed by atoms with E-state index in [1.165, 1.54) is 18.5 Å². The number of aromatic carboxylic acids is 1. The normalized spacial score (nSPS) is 15.9. The van der Waals surface area contributed by atoms with Crippen LogP contribution in [0.1, 0.15) is 30.1 Å². The quantitative estimate of drug-likeness (QED) is 0.901. The highest BCUT2D eigenvalue weighted by Gasteiger charge is 2.21. The predicted octanol–water partition coefficient (Wildman–Crippen LogP) is 1.42. The van der Waals surface area contributed by atoms with Gasteiger partial charge in [-0.1, -0.05) is 6.92 Å². The zero-order valence-electron chi connectivity index (χ0n) is 11.4. The van der Waals surface area contributed by atoms with Crippen molar-refractivity contribution in [2.75, 3.05) is 19.7 Å². The monoisotopic (exact) mass is 278 g/mol. The third-order valence-corrected chi connectivity index (χ3v) is 3.50. The van der Waals surface area contributed by atoms with Gasteiger partial charge in [-0.2, -0.15) is 0 Å². The Kier molecular flexibility index (Phi) is 4.55. The molecule has 0 radical (unpaired) electrons. The number of piperidine rings is 1. The Balaban J connectivity index is 1.92. The number of carboxylic acids is 1. The lowest BCUT2D eigenvalue weighted by Gasteiger charge is -2.30. The maximum Gasteiger partial charge on any atom is 0.339 e. The second-order valence-electron chi connectivity index (χ2n) is 5.03. The second kappa shape index (κ2) is 6.36. The van der Waals surface area contributed by atoms with Crippen LogP contribution < -0.4 is 4.74 Å². The van der Waals surface area contributed by atoms with Gasteiger partial charge in [0.1, 0.15) is 5.56 Å². The van der Waals surface area contributed by atoms with Crippen LogP contribution in [0.15, 0.2) is 18.5 Å². The van der Waals surface area contributed by atoms with E-state index in [1.54, 1.807) is 4.90 Å². The van der Waals surface area contributed by atoms with Gasteiger partial charge in [-0.25, -0.2) is 4.79 Å². The number of hydrogen-bond donors (Lipinski definition) is 1. The van der Waals surface area contributed by atoms with Crippen LogP contribution in [0.25, 0.3) is 0 Å². The lowest BCUT2D eigenvalue weighted by Crippen LogP contribution is -2.40. The fraction of sp³-hybridized carbons (Fsp3) is 0.500. The van der Waals surface area contributed by atoms with Gasteiger partial charge in [-0.05, 0) is 24.8 Å². The minimum Gasteiger partial charge on any atom is -0.481 e. The summed E-state index contributed by atoms with van der Waals surface area (Å²) in [6.07, 6.45) is 4.69. The molecule has 0 aromatic carbocycles. The average Bonchev–Trinajstić information content (AvgIpc) is 2.45. The predicted molar refractivity (Wildman–Crippen MR) is 71.7 cm³/mol. The summed E-state index contributed by atoms with van der Waals surface area (Å²) in [5.74, 6) is -0.436. The Hall–Kier alpha value is -2.11. The largest absolute Gasteiger partial charge is 0.481 e. The molecule has 1 aliphatic heterocycles. The number of nitrogens with zero attached hydrogens (tertiary/aromatic N) is 2. The van der Waals surface area contributed by atoms with Crippen molar-refractivity contribution in [2.24, 2.45) is 5.92 Å². The number of aromatic nitrogens is 1. The van der Waals surface area contributed by atoms with E-state index < -0.39 is 5.97 Å². The highest BCUT2D eigenvalue weighted by Crippen LogP contribution is 2.18. The number of carboxylic acid groups (broad SMARTS) is 1. The molecule has 2 heterocycles.